The highest BCUT2D eigenvalue weighted by Crippen LogP contribution is 2.20. The highest BCUT2D eigenvalue weighted by atomic mass is 16.5. The van der Waals surface area contributed by atoms with Gasteiger partial charge in [-0.25, -0.2) is 0 Å². The number of hydrogen-bond acceptors (Lipinski definition) is 3. The first-order chi connectivity index (χ1) is 6.86. The summed E-state index contributed by atoms with van der Waals surface area (Å²) in [5, 5.41) is 12.0. The Morgan fingerprint density at radius 2 is 2.21 bits per heavy atom. The lowest BCUT2D eigenvalue weighted by Crippen LogP contribution is -2.33. The molecule has 3 nitrogen and oxygen atoms in total. The Morgan fingerprint density at radius 3 is 2.79 bits per heavy atom. The second kappa shape index (κ2) is 6.80. The van der Waals surface area contributed by atoms with Crippen molar-refractivity contribution in [2.24, 2.45) is 0 Å². The minimum absolute atomic E-state index is 0.129. The molecule has 1 unspecified atom stereocenters. The Labute approximate surface area is 86.4 Å². The van der Waals surface area contributed by atoms with E-state index >= 15 is 0 Å². The molecule has 1 N–H and O–H groups in total. The van der Waals surface area contributed by atoms with Crippen molar-refractivity contribution in [3.05, 3.63) is 0 Å². The maximum Gasteiger partial charge on any atom is 0.119 e. The molecule has 1 saturated carbocycles. The van der Waals surface area contributed by atoms with E-state index in [1.54, 1.807) is 0 Å². The molecular formula is C11H20N2O. The molecule has 3 heteroatoms. The summed E-state index contributed by atoms with van der Waals surface area (Å²) >= 11 is 0. The molecule has 1 atom stereocenters. The normalized spacial score (nSPS) is 19.4. The van der Waals surface area contributed by atoms with Crippen LogP contribution in [0.5, 0.6) is 0 Å². The van der Waals surface area contributed by atoms with E-state index in [-0.39, 0.29) is 6.04 Å². The van der Waals surface area contributed by atoms with E-state index in [0.717, 1.165) is 13.0 Å². The SMILES string of the molecule is CCCNC(C#N)COC1CCCC1. The van der Waals surface area contributed by atoms with Gasteiger partial charge in [0.1, 0.15) is 6.04 Å². The fourth-order valence-corrected chi connectivity index (χ4v) is 1.75. The zero-order valence-corrected chi connectivity index (χ0v) is 8.96. The van der Waals surface area contributed by atoms with Crippen LogP contribution in [-0.2, 0) is 4.74 Å². The Morgan fingerprint density at radius 1 is 1.50 bits per heavy atom. The monoisotopic (exact) mass is 196 g/mol. The van der Waals surface area contributed by atoms with Crippen molar-refractivity contribution in [3.8, 4) is 6.07 Å². The van der Waals surface area contributed by atoms with Gasteiger partial charge in [-0.05, 0) is 25.8 Å². The Kier molecular flexibility index (Phi) is 5.58. The largest absolute Gasteiger partial charge is 0.375 e. The van der Waals surface area contributed by atoms with E-state index in [1.165, 1.54) is 25.7 Å². The first-order valence-electron chi connectivity index (χ1n) is 5.61. The van der Waals surface area contributed by atoms with Crippen LogP contribution in [0.2, 0.25) is 0 Å². The summed E-state index contributed by atoms with van der Waals surface area (Å²) < 4.78 is 5.67. The van der Waals surface area contributed by atoms with Crippen molar-refractivity contribution in [3.63, 3.8) is 0 Å². The minimum Gasteiger partial charge on any atom is -0.375 e. The van der Waals surface area contributed by atoms with Gasteiger partial charge in [0.2, 0.25) is 0 Å². The Bertz CT molecular complexity index is 182. The molecule has 0 radical (unpaired) electrons. The molecule has 0 saturated heterocycles. The summed E-state index contributed by atoms with van der Waals surface area (Å²) in [4.78, 5) is 0. The molecule has 0 aromatic heterocycles. The van der Waals surface area contributed by atoms with E-state index in [2.05, 4.69) is 18.3 Å². The molecule has 14 heavy (non-hydrogen) atoms. The van der Waals surface area contributed by atoms with Crippen LogP contribution in [0.25, 0.3) is 0 Å². The molecule has 1 aliphatic rings. The van der Waals surface area contributed by atoms with Crippen molar-refractivity contribution in [1.29, 1.82) is 5.26 Å². The molecule has 80 valence electrons. The van der Waals surface area contributed by atoms with Gasteiger partial charge < -0.3 is 10.1 Å². The number of nitriles is 1. The highest BCUT2D eigenvalue weighted by molar-refractivity contribution is 4.89. The molecule has 1 aliphatic carbocycles. The number of nitrogens with zero attached hydrogens (tertiary/aromatic N) is 1. The van der Waals surface area contributed by atoms with Crippen LogP contribution >= 0.6 is 0 Å². The zero-order valence-electron chi connectivity index (χ0n) is 8.96. The molecule has 0 amide bonds. The smallest absolute Gasteiger partial charge is 0.119 e. The molecule has 0 aliphatic heterocycles. The van der Waals surface area contributed by atoms with Gasteiger partial charge in [-0.3, -0.25) is 0 Å². The van der Waals surface area contributed by atoms with Crippen LogP contribution in [0.4, 0.5) is 0 Å². The summed E-state index contributed by atoms with van der Waals surface area (Å²) in [7, 11) is 0. The lowest BCUT2D eigenvalue weighted by Gasteiger charge is -2.15. The second-order valence-electron chi connectivity index (χ2n) is 3.88. The molecule has 0 aromatic carbocycles. The predicted octanol–water partition coefficient (Wildman–Crippen LogP) is 1.84. The van der Waals surface area contributed by atoms with Crippen molar-refractivity contribution >= 4 is 0 Å². The van der Waals surface area contributed by atoms with Gasteiger partial charge in [0.05, 0.1) is 18.8 Å². The summed E-state index contributed by atoms with van der Waals surface area (Å²) in [6.07, 6.45) is 6.38. The van der Waals surface area contributed by atoms with Crippen molar-refractivity contribution in [2.75, 3.05) is 13.2 Å². The third-order valence-corrected chi connectivity index (χ3v) is 2.60. The minimum atomic E-state index is -0.129. The molecular weight excluding hydrogens is 176 g/mol. The van der Waals surface area contributed by atoms with Crippen molar-refractivity contribution in [1.82, 2.24) is 5.32 Å². The Hall–Kier alpha value is -0.590. The molecule has 0 bridgehead atoms. The molecule has 0 aromatic rings. The maximum absolute atomic E-state index is 8.83. The van der Waals surface area contributed by atoms with Gasteiger partial charge in [0.25, 0.3) is 0 Å². The van der Waals surface area contributed by atoms with Gasteiger partial charge in [-0.2, -0.15) is 5.26 Å². The van der Waals surface area contributed by atoms with Gasteiger partial charge in [-0.1, -0.05) is 19.8 Å². The van der Waals surface area contributed by atoms with E-state index in [0.29, 0.717) is 12.7 Å². The maximum atomic E-state index is 8.83. The third kappa shape index (κ3) is 4.08. The first-order valence-corrected chi connectivity index (χ1v) is 5.61. The van der Waals surface area contributed by atoms with E-state index in [4.69, 9.17) is 10.00 Å². The van der Waals surface area contributed by atoms with Gasteiger partial charge in [0, 0.05) is 0 Å². The van der Waals surface area contributed by atoms with Crippen LogP contribution < -0.4 is 5.32 Å². The van der Waals surface area contributed by atoms with E-state index < -0.39 is 0 Å². The summed E-state index contributed by atoms with van der Waals surface area (Å²) in [5.74, 6) is 0. The fraction of sp³-hybridized carbons (Fsp3) is 0.909. The number of hydrogen-bond donors (Lipinski definition) is 1. The lowest BCUT2D eigenvalue weighted by molar-refractivity contribution is 0.0512. The van der Waals surface area contributed by atoms with Gasteiger partial charge in [0.15, 0.2) is 0 Å². The standard InChI is InChI=1S/C11H20N2O/c1-2-7-13-10(8-12)9-14-11-5-3-4-6-11/h10-11,13H,2-7,9H2,1H3. The molecule has 1 fully saturated rings. The van der Waals surface area contributed by atoms with Gasteiger partial charge >= 0.3 is 0 Å². The topological polar surface area (TPSA) is 45.0 Å². The summed E-state index contributed by atoms with van der Waals surface area (Å²) in [5.41, 5.74) is 0. The number of rotatable bonds is 6. The molecule has 1 rings (SSSR count). The van der Waals surface area contributed by atoms with Crippen LogP contribution in [0.1, 0.15) is 39.0 Å². The average molecular weight is 196 g/mol. The van der Waals surface area contributed by atoms with Crippen LogP contribution in [0.15, 0.2) is 0 Å². The van der Waals surface area contributed by atoms with E-state index in [1.807, 2.05) is 0 Å². The van der Waals surface area contributed by atoms with Crippen molar-refractivity contribution in [2.45, 2.75) is 51.2 Å². The quantitative estimate of drug-likeness (QED) is 0.705. The third-order valence-electron chi connectivity index (χ3n) is 2.60. The van der Waals surface area contributed by atoms with Gasteiger partial charge in [-0.15, -0.1) is 0 Å². The predicted molar refractivity (Wildman–Crippen MR) is 55.9 cm³/mol. The van der Waals surface area contributed by atoms with E-state index in [9.17, 15) is 0 Å². The fourth-order valence-electron chi connectivity index (χ4n) is 1.75. The molecule has 0 spiro atoms. The van der Waals surface area contributed by atoms with Crippen LogP contribution in [0, 0.1) is 11.3 Å². The highest BCUT2D eigenvalue weighted by Gasteiger charge is 2.17. The Balaban J connectivity index is 2.10. The molecule has 0 heterocycles. The summed E-state index contributed by atoms with van der Waals surface area (Å²) in [6, 6.07) is 2.10. The lowest BCUT2D eigenvalue weighted by atomic mass is 10.3. The van der Waals surface area contributed by atoms with Crippen molar-refractivity contribution < 1.29 is 4.74 Å². The number of nitrogens with one attached hydrogen (secondary N) is 1. The second-order valence-corrected chi connectivity index (χ2v) is 3.88. The summed E-state index contributed by atoms with van der Waals surface area (Å²) in [6.45, 7) is 3.53. The zero-order chi connectivity index (χ0) is 10.2. The number of ether oxygens (including phenoxy) is 1. The average Bonchev–Trinajstić information content (AvgIpc) is 2.71. The van der Waals surface area contributed by atoms with Crippen LogP contribution in [0.3, 0.4) is 0 Å². The van der Waals surface area contributed by atoms with Crippen LogP contribution in [-0.4, -0.2) is 25.3 Å². The first kappa shape index (κ1) is 11.5.